The van der Waals surface area contributed by atoms with Gasteiger partial charge in [0.2, 0.25) is 0 Å². The summed E-state index contributed by atoms with van der Waals surface area (Å²) in [7, 11) is 0. The van der Waals surface area contributed by atoms with Crippen molar-refractivity contribution in [3.05, 3.63) is 57.6 Å². The van der Waals surface area contributed by atoms with Gasteiger partial charge in [-0.3, -0.25) is 0 Å². The highest BCUT2D eigenvalue weighted by Crippen LogP contribution is 2.23. The number of rotatable bonds is 3. The maximum absolute atomic E-state index is 13.5. The van der Waals surface area contributed by atoms with E-state index in [2.05, 4.69) is 26.2 Å². The molecule has 0 aliphatic carbocycles. The summed E-state index contributed by atoms with van der Waals surface area (Å²) in [4.78, 5) is 4.24. The molecule has 1 heterocycles. The van der Waals surface area contributed by atoms with Gasteiger partial charge in [-0.1, -0.05) is 12.1 Å². The van der Waals surface area contributed by atoms with Crippen molar-refractivity contribution in [1.29, 1.82) is 0 Å². The zero-order chi connectivity index (χ0) is 14.0. The molecule has 0 bridgehead atoms. The Morgan fingerprint density at radius 1 is 1.21 bits per heavy atom. The summed E-state index contributed by atoms with van der Waals surface area (Å²) in [6, 6.07) is 7.35. The number of pyridine rings is 1. The normalized spacial score (nSPS) is 12.3. The average Bonchev–Trinajstić information content (AvgIpc) is 2.37. The molecule has 0 saturated carbocycles. The second-order valence-corrected chi connectivity index (χ2v) is 5.46. The lowest BCUT2D eigenvalue weighted by atomic mass is 10.1. The third kappa shape index (κ3) is 3.32. The van der Waals surface area contributed by atoms with Crippen LogP contribution in [0.4, 0.5) is 10.1 Å². The minimum atomic E-state index is -0.170. The van der Waals surface area contributed by atoms with Gasteiger partial charge in [0.25, 0.3) is 0 Å². The van der Waals surface area contributed by atoms with Gasteiger partial charge in [0.05, 0.1) is 11.9 Å². The fourth-order valence-corrected chi connectivity index (χ4v) is 2.07. The molecule has 2 rings (SSSR count). The summed E-state index contributed by atoms with van der Waals surface area (Å²) in [5.41, 5.74) is 3.57. The Hall–Kier alpha value is -1.42. The van der Waals surface area contributed by atoms with E-state index < -0.39 is 0 Å². The van der Waals surface area contributed by atoms with Gasteiger partial charge in [-0.2, -0.15) is 0 Å². The van der Waals surface area contributed by atoms with E-state index >= 15 is 0 Å². The van der Waals surface area contributed by atoms with Crippen molar-refractivity contribution in [3.8, 4) is 0 Å². The first-order chi connectivity index (χ1) is 8.97. The van der Waals surface area contributed by atoms with Gasteiger partial charge in [-0.05, 0) is 65.5 Å². The third-order valence-electron chi connectivity index (χ3n) is 3.09. The number of hydrogen-bond acceptors (Lipinski definition) is 2. The van der Waals surface area contributed by atoms with E-state index in [0.29, 0.717) is 5.56 Å². The van der Waals surface area contributed by atoms with Crippen LogP contribution in [-0.2, 0) is 0 Å². The molecule has 0 aliphatic heterocycles. The molecule has 1 aromatic carbocycles. The maximum Gasteiger partial charge on any atom is 0.126 e. The Kier molecular flexibility index (Phi) is 4.20. The van der Waals surface area contributed by atoms with Crippen molar-refractivity contribution in [2.45, 2.75) is 26.8 Å². The van der Waals surface area contributed by atoms with Gasteiger partial charge < -0.3 is 5.32 Å². The van der Waals surface area contributed by atoms with Crippen molar-refractivity contribution in [3.63, 3.8) is 0 Å². The van der Waals surface area contributed by atoms with Gasteiger partial charge in [-0.25, -0.2) is 9.37 Å². The molecule has 2 aromatic rings. The average molecular weight is 323 g/mol. The number of aromatic nitrogens is 1. The van der Waals surface area contributed by atoms with E-state index in [1.807, 2.05) is 26.0 Å². The fourth-order valence-electron chi connectivity index (χ4n) is 1.85. The van der Waals surface area contributed by atoms with Gasteiger partial charge in [0, 0.05) is 6.04 Å². The molecular weight excluding hydrogens is 307 g/mol. The van der Waals surface area contributed by atoms with Gasteiger partial charge in [0.1, 0.15) is 10.4 Å². The monoisotopic (exact) mass is 322 g/mol. The van der Waals surface area contributed by atoms with Crippen LogP contribution < -0.4 is 5.32 Å². The molecular formula is C15H16BrFN2. The fraction of sp³-hybridized carbons (Fsp3) is 0.267. The molecule has 0 spiro atoms. The molecule has 1 aromatic heterocycles. The minimum absolute atomic E-state index is 0.0254. The maximum atomic E-state index is 13.5. The number of aryl methyl sites for hydroxylation is 2. The Morgan fingerprint density at radius 2 is 1.95 bits per heavy atom. The van der Waals surface area contributed by atoms with E-state index in [4.69, 9.17) is 0 Å². The molecule has 1 unspecified atom stereocenters. The summed E-state index contributed by atoms with van der Waals surface area (Å²) in [5.74, 6) is -0.170. The number of nitrogens with zero attached hydrogens (tertiary/aromatic N) is 1. The summed E-state index contributed by atoms with van der Waals surface area (Å²) < 4.78 is 14.4. The van der Waals surface area contributed by atoms with Crippen LogP contribution in [0.1, 0.15) is 29.7 Å². The zero-order valence-corrected chi connectivity index (χ0v) is 12.8. The Morgan fingerprint density at radius 3 is 2.58 bits per heavy atom. The van der Waals surface area contributed by atoms with E-state index in [0.717, 1.165) is 21.4 Å². The first kappa shape index (κ1) is 14.0. The van der Waals surface area contributed by atoms with Crippen molar-refractivity contribution in [2.75, 3.05) is 5.32 Å². The van der Waals surface area contributed by atoms with Crippen molar-refractivity contribution in [1.82, 2.24) is 4.98 Å². The van der Waals surface area contributed by atoms with Crippen LogP contribution in [0, 0.1) is 19.7 Å². The van der Waals surface area contributed by atoms with Crippen molar-refractivity contribution >= 4 is 21.6 Å². The van der Waals surface area contributed by atoms with Crippen LogP contribution in [-0.4, -0.2) is 4.98 Å². The number of anilines is 1. The summed E-state index contributed by atoms with van der Waals surface area (Å²) >= 11 is 3.37. The Bertz CT molecular complexity index is 599. The molecule has 4 heteroatoms. The number of benzene rings is 1. The predicted molar refractivity (Wildman–Crippen MR) is 79.8 cm³/mol. The van der Waals surface area contributed by atoms with E-state index in [1.54, 1.807) is 25.3 Å². The van der Waals surface area contributed by atoms with Crippen LogP contribution in [0.3, 0.4) is 0 Å². The van der Waals surface area contributed by atoms with Crippen LogP contribution in [0.2, 0.25) is 0 Å². The number of halogens is 2. The van der Waals surface area contributed by atoms with Crippen molar-refractivity contribution in [2.24, 2.45) is 0 Å². The molecule has 100 valence electrons. The lowest BCUT2D eigenvalue weighted by molar-refractivity contribution is 0.614. The molecule has 0 aliphatic rings. The lowest BCUT2D eigenvalue weighted by Crippen LogP contribution is -2.07. The topological polar surface area (TPSA) is 24.9 Å². The Balaban J connectivity index is 2.17. The standard InChI is InChI=1S/C15H16BrFN2/c1-9-4-5-12(7-14(9)17)11(3)19-13-6-10(2)15(16)18-8-13/h4-8,11,19H,1-3H3. The Labute approximate surface area is 121 Å². The van der Waals surface area contributed by atoms with E-state index in [-0.39, 0.29) is 11.9 Å². The first-order valence-electron chi connectivity index (χ1n) is 6.12. The van der Waals surface area contributed by atoms with Crippen LogP contribution in [0.15, 0.2) is 35.1 Å². The third-order valence-corrected chi connectivity index (χ3v) is 3.92. The molecule has 0 amide bonds. The SMILES string of the molecule is Cc1ccc(C(C)Nc2cnc(Br)c(C)c2)cc1F. The smallest absolute Gasteiger partial charge is 0.126 e. The van der Waals surface area contributed by atoms with Crippen LogP contribution >= 0.6 is 15.9 Å². The number of nitrogens with one attached hydrogen (secondary N) is 1. The molecule has 1 atom stereocenters. The van der Waals surface area contributed by atoms with Crippen molar-refractivity contribution < 1.29 is 4.39 Å². The van der Waals surface area contributed by atoms with E-state index in [1.165, 1.54) is 0 Å². The molecule has 19 heavy (non-hydrogen) atoms. The number of hydrogen-bond donors (Lipinski definition) is 1. The summed E-state index contributed by atoms with van der Waals surface area (Å²) in [5, 5.41) is 3.32. The molecule has 2 nitrogen and oxygen atoms in total. The highest BCUT2D eigenvalue weighted by molar-refractivity contribution is 9.10. The minimum Gasteiger partial charge on any atom is -0.377 e. The largest absolute Gasteiger partial charge is 0.377 e. The second-order valence-electron chi connectivity index (χ2n) is 4.71. The highest BCUT2D eigenvalue weighted by Gasteiger charge is 2.08. The summed E-state index contributed by atoms with van der Waals surface area (Å²) in [6.07, 6.45) is 1.76. The molecule has 0 radical (unpaired) electrons. The molecule has 0 saturated heterocycles. The highest BCUT2D eigenvalue weighted by atomic mass is 79.9. The van der Waals surface area contributed by atoms with Crippen LogP contribution in [0.25, 0.3) is 0 Å². The van der Waals surface area contributed by atoms with Gasteiger partial charge in [0.15, 0.2) is 0 Å². The second kappa shape index (κ2) is 5.70. The van der Waals surface area contributed by atoms with E-state index in [9.17, 15) is 4.39 Å². The quantitative estimate of drug-likeness (QED) is 0.823. The van der Waals surface area contributed by atoms with Gasteiger partial charge in [-0.15, -0.1) is 0 Å². The van der Waals surface area contributed by atoms with Crippen LogP contribution in [0.5, 0.6) is 0 Å². The molecule has 1 N–H and O–H groups in total. The first-order valence-corrected chi connectivity index (χ1v) is 6.91. The lowest BCUT2D eigenvalue weighted by Gasteiger charge is -2.16. The predicted octanol–water partition coefficient (Wildman–Crippen LogP) is 4.77. The van der Waals surface area contributed by atoms with Gasteiger partial charge >= 0.3 is 0 Å². The molecule has 0 fully saturated rings. The zero-order valence-electron chi connectivity index (χ0n) is 11.2. The summed E-state index contributed by atoms with van der Waals surface area (Å²) in [6.45, 7) is 5.75.